The summed E-state index contributed by atoms with van der Waals surface area (Å²) in [5, 5.41) is 0. The van der Waals surface area contributed by atoms with Crippen LogP contribution in [-0.4, -0.2) is 0 Å². The summed E-state index contributed by atoms with van der Waals surface area (Å²) in [7, 11) is 0. The number of allylic oxidation sites excluding steroid dienone is 6. The first-order valence-corrected chi connectivity index (χ1v) is 18.6. The molecule has 0 bridgehead atoms. The third-order valence-electron chi connectivity index (χ3n) is 13.4. The molecule has 2 aromatic carbocycles. The molecule has 3 saturated carbocycles. The van der Waals surface area contributed by atoms with Gasteiger partial charge in [-0.25, -0.2) is 0 Å². The highest BCUT2D eigenvalue weighted by Crippen LogP contribution is 2.68. The highest BCUT2D eigenvalue weighted by Gasteiger charge is 2.59. The van der Waals surface area contributed by atoms with E-state index < -0.39 is 0 Å². The molecule has 3 fully saturated rings. The van der Waals surface area contributed by atoms with Crippen LogP contribution >= 0.6 is 0 Å². The van der Waals surface area contributed by atoms with Crippen molar-refractivity contribution in [2.45, 2.75) is 111 Å². The first-order chi connectivity index (χ1) is 21.8. The second-order valence-electron chi connectivity index (χ2n) is 16.4. The van der Waals surface area contributed by atoms with Crippen LogP contribution in [0.2, 0.25) is 0 Å². The van der Waals surface area contributed by atoms with E-state index in [2.05, 4.69) is 132 Å². The monoisotopic (exact) mass is 600 g/mol. The van der Waals surface area contributed by atoms with Gasteiger partial charge >= 0.3 is 0 Å². The molecule has 4 aliphatic rings. The maximum atomic E-state index is 2.77. The van der Waals surface area contributed by atoms with Gasteiger partial charge in [-0.05, 0) is 120 Å². The van der Waals surface area contributed by atoms with Crippen LogP contribution in [0.5, 0.6) is 0 Å². The van der Waals surface area contributed by atoms with Gasteiger partial charge in [0.25, 0.3) is 0 Å². The third-order valence-corrected chi connectivity index (χ3v) is 13.4. The molecular weight excluding hydrogens is 540 g/mol. The Morgan fingerprint density at radius 3 is 2.29 bits per heavy atom. The largest absolute Gasteiger partial charge is 0.0845 e. The van der Waals surface area contributed by atoms with E-state index in [1.54, 1.807) is 0 Å². The molecule has 0 aliphatic heterocycles. The molecule has 0 spiro atoms. The summed E-state index contributed by atoms with van der Waals surface area (Å²) >= 11 is 0. The van der Waals surface area contributed by atoms with Crippen molar-refractivity contribution < 1.29 is 0 Å². The van der Waals surface area contributed by atoms with Crippen LogP contribution in [-0.2, 0) is 0 Å². The van der Waals surface area contributed by atoms with Crippen molar-refractivity contribution >= 4 is 12.2 Å². The number of hydrogen-bond acceptors (Lipinski definition) is 0. The van der Waals surface area contributed by atoms with Crippen molar-refractivity contribution in [1.82, 2.24) is 0 Å². The van der Waals surface area contributed by atoms with E-state index >= 15 is 0 Å². The molecule has 0 saturated heterocycles. The van der Waals surface area contributed by atoms with Gasteiger partial charge in [0.15, 0.2) is 0 Å². The van der Waals surface area contributed by atoms with Gasteiger partial charge in [0.1, 0.15) is 0 Å². The van der Waals surface area contributed by atoms with E-state index in [1.807, 2.05) is 5.57 Å². The zero-order valence-corrected chi connectivity index (χ0v) is 29.1. The second-order valence-corrected chi connectivity index (χ2v) is 16.4. The highest BCUT2D eigenvalue weighted by atomic mass is 14.6. The fourth-order valence-electron chi connectivity index (χ4n) is 10.9. The van der Waals surface area contributed by atoms with Gasteiger partial charge in [-0.3, -0.25) is 0 Å². The maximum absolute atomic E-state index is 2.77. The predicted octanol–water partition coefficient (Wildman–Crippen LogP) is 13.1. The standard InChI is InChI=1S/C45H60/c1-33(2)15-13-16-34(3)41-25-26-42-40-24-23-39-32-38(27-29-44(39,4)43(40)28-30-45(41,42)5)37-22-14-21-36(31-37)20-10-7-6-9-17-35-18-11-8-12-19-35/h6-12,14,17-23,31,33-34,38,40-43H,13,15-16,24-30,32H2,1-5H3/t34-,38?,40+,41-,42+,43+,44+,45-/m1/s1. The Morgan fingerprint density at radius 2 is 1.51 bits per heavy atom. The van der Waals surface area contributed by atoms with Crippen molar-refractivity contribution in [2.24, 2.45) is 46.3 Å². The Morgan fingerprint density at radius 1 is 0.756 bits per heavy atom. The lowest BCUT2D eigenvalue weighted by atomic mass is 9.46. The molecule has 0 N–H and O–H groups in total. The van der Waals surface area contributed by atoms with Gasteiger partial charge in [0.2, 0.25) is 0 Å². The van der Waals surface area contributed by atoms with Gasteiger partial charge in [0, 0.05) is 0 Å². The van der Waals surface area contributed by atoms with E-state index in [0.717, 1.165) is 35.5 Å². The van der Waals surface area contributed by atoms with Crippen molar-refractivity contribution in [2.75, 3.05) is 0 Å². The summed E-state index contributed by atoms with van der Waals surface area (Å²) in [6.07, 6.45) is 31.3. The lowest BCUT2D eigenvalue weighted by Crippen LogP contribution is -2.50. The summed E-state index contributed by atoms with van der Waals surface area (Å²) in [6.45, 7) is 12.8. The Labute approximate surface area is 276 Å². The third kappa shape index (κ3) is 6.92. The SMILES string of the molecule is CC(C)CCC[C@@H](C)[C@H]1CC[C@H]2[C@@H]3CC=C4CC(c5cccc(C=CC=CC=Cc6ccccc6)c5)CC[C@]4(C)[C@H]3CC[C@]12C. The molecule has 45 heavy (non-hydrogen) atoms. The van der Waals surface area contributed by atoms with E-state index in [4.69, 9.17) is 0 Å². The average Bonchev–Trinajstić information content (AvgIpc) is 3.40. The zero-order chi connectivity index (χ0) is 31.4. The summed E-state index contributed by atoms with van der Waals surface area (Å²) in [5.41, 5.74) is 6.91. The van der Waals surface area contributed by atoms with Crippen LogP contribution in [0.3, 0.4) is 0 Å². The summed E-state index contributed by atoms with van der Waals surface area (Å²) in [6, 6.07) is 19.9. The molecule has 0 amide bonds. The van der Waals surface area contributed by atoms with Crippen LogP contribution in [0, 0.1) is 46.3 Å². The molecule has 2 aromatic rings. The fourth-order valence-corrected chi connectivity index (χ4v) is 10.9. The van der Waals surface area contributed by atoms with E-state index in [9.17, 15) is 0 Å². The normalized spacial score (nSPS) is 33.8. The predicted molar refractivity (Wildman–Crippen MR) is 196 cm³/mol. The van der Waals surface area contributed by atoms with Crippen molar-refractivity contribution in [3.8, 4) is 0 Å². The van der Waals surface area contributed by atoms with Crippen LogP contribution in [0.15, 0.2) is 90.6 Å². The Hall–Kier alpha value is -2.60. The minimum atomic E-state index is 0.428. The van der Waals surface area contributed by atoms with Gasteiger partial charge < -0.3 is 0 Å². The Kier molecular flexibility index (Phi) is 10.1. The summed E-state index contributed by atoms with van der Waals surface area (Å²) < 4.78 is 0. The van der Waals surface area contributed by atoms with Crippen molar-refractivity contribution in [3.05, 3.63) is 107 Å². The number of rotatable bonds is 10. The molecule has 8 atom stereocenters. The average molecular weight is 601 g/mol. The van der Waals surface area contributed by atoms with E-state index in [1.165, 1.54) is 87.3 Å². The minimum Gasteiger partial charge on any atom is -0.0845 e. The molecule has 0 heteroatoms. The molecule has 0 heterocycles. The van der Waals surface area contributed by atoms with E-state index in [0.29, 0.717) is 16.7 Å². The minimum absolute atomic E-state index is 0.428. The first kappa shape index (κ1) is 32.3. The molecule has 240 valence electrons. The van der Waals surface area contributed by atoms with Crippen molar-refractivity contribution in [1.29, 1.82) is 0 Å². The molecule has 0 nitrogen and oxygen atoms in total. The second kappa shape index (κ2) is 14.0. The maximum Gasteiger partial charge on any atom is -0.00848 e. The van der Waals surface area contributed by atoms with Crippen LogP contribution in [0.1, 0.15) is 128 Å². The van der Waals surface area contributed by atoms with Gasteiger partial charge in [-0.2, -0.15) is 0 Å². The van der Waals surface area contributed by atoms with E-state index in [-0.39, 0.29) is 0 Å². The van der Waals surface area contributed by atoms with Crippen LogP contribution in [0.4, 0.5) is 0 Å². The summed E-state index contributed by atoms with van der Waals surface area (Å²) in [5.74, 6) is 6.14. The zero-order valence-electron chi connectivity index (χ0n) is 29.1. The Bertz CT molecular complexity index is 1390. The smallest absolute Gasteiger partial charge is 0.00848 e. The van der Waals surface area contributed by atoms with Gasteiger partial charge in [0.05, 0.1) is 0 Å². The van der Waals surface area contributed by atoms with Crippen molar-refractivity contribution in [3.63, 3.8) is 0 Å². The van der Waals surface area contributed by atoms with Crippen LogP contribution in [0.25, 0.3) is 12.2 Å². The molecule has 6 rings (SSSR count). The number of benzene rings is 2. The fraction of sp³-hybridized carbons (Fsp3) is 0.556. The van der Waals surface area contributed by atoms with Gasteiger partial charge in [-0.15, -0.1) is 0 Å². The molecule has 0 radical (unpaired) electrons. The quantitative estimate of drug-likeness (QED) is 0.188. The molecule has 1 unspecified atom stereocenters. The van der Waals surface area contributed by atoms with Gasteiger partial charge in [-0.1, -0.05) is 157 Å². The number of fused-ring (bicyclic) bond motifs is 5. The van der Waals surface area contributed by atoms with Crippen LogP contribution < -0.4 is 0 Å². The lowest BCUT2D eigenvalue weighted by Gasteiger charge is -2.58. The molecule has 0 aromatic heterocycles. The number of hydrogen-bond donors (Lipinski definition) is 0. The summed E-state index contributed by atoms with van der Waals surface area (Å²) in [4.78, 5) is 0. The lowest BCUT2D eigenvalue weighted by molar-refractivity contribution is -0.0510. The Balaban J connectivity index is 1.09. The first-order valence-electron chi connectivity index (χ1n) is 18.6. The highest BCUT2D eigenvalue weighted by molar-refractivity contribution is 5.54. The molecular formula is C45H60. The topological polar surface area (TPSA) is 0 Å². The molecule has 4 aliphatic carbocycles.